The van der Waals surface area contributed by atoms with Crippen molar-refractivity contribution in [1.82, 2.24) is 19.6 Å². The van der Waals surface area contributed by atoms with Crippen LogP contribution in [0.4, 0.5) is 0 Å². The molecule has 1 atom stereocenters. The van der Waals surface area contributed by atoms with E-state index in [2.05, 4.69) is 25.9 Å². The van der Waals surface area contributed by atoms with Gasteiger partial charge in [0.2, 0.25) is 0 Å². The van der Waals surface area contributed by atoms with Crippen molar-refractivity contribution in [2.45, 2.75) is 32.4 Å². The molecule has 3 rings (SSSR count). The highest BCUT2D eigenvalue weighted by molar-refractivity contribution is 9.10. The molecule has 0 spiro atoms. The van der Waals surface area contributed by atoms with Gasteiger partial charge in [0.15, 0.2) is 5.69 Å². The number of hydrogen-bond acceptors (Lipinski definition) is 3. The Bertz CT molecular complexity index is 487. The lowest BCUT2D eigenvalue weighted by atomic mass is 10.1. The van der Waals surface area contributed by atoms with Crippen molar-refractivity contribution in [1.29, 1.82) is 0 Å². The van der Waals surface area contributed by atoms with Gasteiger partial charge in [0.1, 0.15) is 0 Å². The molecular weight excluding hydrogens is 308 g/mol. The van der Waals surface area contributed by atoms with E-state index in [0.717, 1.165) is 30.7 Å². The van der Waals surface area contributed by atoms with Gasteiger partial charge in [-0.15, -0.1) is 0 Å². The molecule has 0 saturated carbocycles. The molecule has 104 valence electrons. The van der Waals surface area contributed by atoms with Gasteiger partial charge in [-0.3, -0.25) is 14.4 Å². The lowest BCUT2D eigenvalue weighted by Crippen LogP contribution is -2.52. The number of amides is 1. The summed E-state index contributed by atoms with van der Waals surface area (Å²) in [6, 6.07) is 0.560. The predicted molar refractivity (Wildman–Crippen MR) is 76.1 cm³/mol. The van der Waals surface area contributed by atoms with Crippen LogP contribution < -0.4 is 0 Å². The number of rotatable bonds is 2. The summed E-state index contributed by atoms with van der Waals surface area (Å²) < 4.78 is 2.59. The second kappa shape index (κ2) is 5.25. The van der Waals surface area contributed by atoms with Gasteiger partial charge in [0, 0.05) is 38.4 Å². The number of aromatic nitrogens is 2. The molecule has 0 aliphatic carbocycles. The lowest BCUT2D eigenvalue weighted by molar-refractivity contribution is 0.0564. The number of carbonyl (C=O) groups excluding carboxylic acids is 1. The summed E-state index contributed by atoms with van der Waals surface area (Å²) in [5, 5.41) is 4.35. The Morgan fingerprint density at radius 1 is 1.47 bits per heavy atom. The maximum Gasteiger partial charge on any atom is 0.275 e. The third-order valence-electron chi connectivity index (χ3n) is 4.12. The first kappa shape index (κ1) is 13.1. The monoisotopic (exact) mass is 326 g/mol. The lowest BCUT2D eigenvalue weighted by Gasteiger charge is -2.37. The van der Waals surface area contributed by atoms with Crippen molar-refractivity contribution in [3.63, 3.8) is 0 Å². The summed E-state index contributed by atoms with van der Waals surface area (Å²) in [4.78, 5) is 17.0. The molecule has 0 N–H and O–H groups in total. The first-order valence-corrected chi connectivity index (χ1v) is 7.74. The Morgan fingerprint density at radius 2 is 2.32 bits per heavy atom. The fraction of sp³-hybridized carbons (Fsp3) is 0.692. The van der Waals surface area contributed by atoms with Gasteiger partial charge in [-0.05, 0) is 42.2 Å². The highest BCUT2D eigenvalue weighted by atomic mass is 79.9. The molecule has 2 aliphatic heterocycles. The van der Waals surface area contributed by atoms with Crippen molar-refractivity contribution in [3.05, 3.63) is 16.4 Å². The van der Waals surface area contributed by atoms with Gasteiger partial charge in [0.25, 0.3) is 5.91 Å². The average Bonchev–Trinajstić information content (AvgIpc) is 3.02. The van der Waals surface area contributed by atoms with E-state index >= 15 is 0 Å². The summed E-state index contributed by atoms with van der Waals surface area (Å²) in [7, 11) is 0. The van der Waals surface area contributed by atoms with Crippen molar-refractivity contribution in [2.24, 2.45) is 0 Å². The molecular formula is C13H19BrN4O. The van der Waals surface area contributed by atoms with Crippen LogP contribution in [0.25, 0.3) is 0 Å². The molecule has 0 bridgehead atoms. The van der Waals surface area contributed by atoms with Crippen LogP contribution in [-0.4, -0.2) is 57.7 Å². The summed E-state index contributed by atoms with van der Waals surface area (Å²) in [6.45, 7) is 6.67. The Kier molecular flexibility index (Phi) is 3.62. The Balaban J connectivity index is 1.74. The minimum Gasteiger partial charge on any atom is -0.334 e. The van der Waals surface area contributed by atoms with E-state index in [1.165, 1.54) is 19.4 Å². The first-order valence-electron chi connectivity index (χ1n) is 6.95. The zero-order chi connectivity index (χ0) is 13.4. The van der Waals surface area contributed by atoms with Crippen LogP contribution in [0.1, 0.15) is 30.3 Å². The number of nitrogens with zero attached hydrogens (tertiary/aromatic N) is 4. The van der Waals surface area contributed by atoms with Crippen molar-refractivity contribution in [3.8, 4) is 0 Å². The molecule has 1 amide bonds. The number of carbonyl (C=O) groups is 1. The molecule has 2 fully saturated rings. The van der Waals surface area contributed by atoms with E-state index in [9.17, 15) is 4.79 Å². The van der Waals surface area contributed by atoms with E-state index in [0.29, 0.717) is 11.7 Å². The van der Waals surface area contributed by atoms with E-state index < -0.39 is 0 Å². The predicted octanol–water partition coefficient (Wildman–Crippen LogP) is 1.59. The number of aryl methyl sites for hydroxylation is 1. The Morgan fingerprint density at radius 3 is 3.05 bits per heavy atom. The maximum absolute atomic E-state index is 12.5. The largest absolute Gasteiger partial charge is 0.334 e. The van der Waals surface area contributed by atoms with Crippen LogP contribution in [0.5, 0.6) is 0 Å². The molecule has 5 nitrogen and oxygen atoms in total. The minimum absolute atomic E-state index is 0.0608. The van der Waals surface area contributed by atoms with E-state index in [-0.39, 0.29) is 5.91 Å². The van der Waals surface area contributed by atoms with E-state index in [1.807, 2.05) is 18.0 Å². The summed E-state index contributed by atoms with van der Waals surface area (Å²) in [5.41, 5.74) is 0.549. The average molecular weight is 327 g/mol. The third kappa shape index (κ3) is 2.43. The molecule has 1 aromatic rings. The zero-order valence-corrected chi connectivity index (χ0v) is 12.8. The minimum atomic E-state index is 0.0608. The van der Waals surface area contributed by atoms with Gasteiger partial charge in [0.05, 0.1) is 4.47 Å². The highest BCUT2D eigenvalue weighted by Gasteiger charge is 2.33. The summed E-state index contributed by atoms with van der Waals surface area (Å²) >= 11 is 3.44. The van der Waals surface area contributed by atoms with Crippen molar-refractivity contribution >= 4 is 21.8 Å². The molecule has 19 heavy (non-hydrogen) atoms. The standard InChI is InChI=1S/C13H19BrN4O/c1-2-18-9-11(14)12(15-18)13(19)17-7-6-16-5-3-4-10(16)8-17/h9-10H,2-8H2,1H3. The van der Waals surface area contributed by atoms with Gasteiger partial charge < -0.3 is 4.90 Å². The first-order chi connectivity index (χ1) is 9.19. The normalized spacial score (nSPS) is 23.7. The maximum atomic E-state index is 12.5. The molecule has 1 aromatic heterocycles. The molecule has 2 saturated heterocycles. The van der Waals surface area contributed by atoms with Crippen LogP contribution in [0.3, 0.4) is 0 Å². The van der Waals surface area contributed by atoms with E-state index in [4.69, 9.17) is 0 Å². The molecule has 3 heterocycles. The number of piperazine rings is 1. The molecule has 6 heteroatoms. The van der Waals surface area contributed by atoms with Gasteiger partial charge in [-0.2, -0.15) is 5.10 Å². The van der Waals surface area contributed by atoms with Crippen molar-refractivity contribution in [2.75, 3.05) is 26.2 Å². The van der Waals surface area contributed by atoms with Crippen LogP contribution >= 0.6 is 15.9 Å². The Hall–Kier alpha value is -0.880. The van der Waals surface area contributed by atoms with Crippen LogP contribution in [0, 0.1) is 0 Å². The SMILES string of the molecule is CCn1cc(Br)c(C(=O)N2CCN3CCCC3C2)n1. The Labute approximate surface area is 121 Å². The van der Waals surface area contributed by atoms with Gasteiger partial charge >= 0.3 is 0 Å². The number of halogens is 1. The van der Waals surface area contributed by atoms with Crippen LogP contribution in [0.2, 0.25) is 0 Å². The smallest absolute Gasteiger partial charge is 0.275 e. The second-order valence-electron chi connectivity index (χ2n) is 5.26. The quantitative estimate of drug-likeness (QED) is 0.828. The molecule has 2 aliphatic rings. The van der Waals surface area contributed by atoms with Gasteiger partial charge in [-0.25, -0.2) is 0 Å². The van der Waals surface area contributed by atoms with Gasteiger partial charge in [-0.1, -0.05) is 0 Å². The molecule has 0 radical (unpaired) electrons. The third-order valence-corrected chi connectivity index (χ3v) is 4.70. The van der Waals surface area contributed by atoms with Crippen LogP contribution in [-0.2, 0) is 6.54 Å². The topological polar surface area (TPSA) is 41.4 Å². The number of hydrogen-bond donors (Lipinski definition) is 0. The van der Waals surface area contributed by atoms with Crippen molar-refractivity contribution < 1.29 is 4.79 Å². The van der Waals surface area contributed by atoms with E-state index in [1.54, 1.807) is 4.68 Å². The van der Waals surface area contributed by atoms with Crippen LogP contribution in [0.15, 0.2) is 10.7 Å². The highest BCUT2D eigenvalue weighted by Crippen LogP contribution is 2.24. The zero-order valence-electron chi connectivity index (χ0n) is 11.2. The number of fused-ring (bicyclic) bond motifs is 1. The second-order valence-corrected chi connectivity index (χ2v) is 6.12. The molecule has 0 aromatic carbocycles. The summed E-state index contributed by atoms with van der Waals surface area (Å²) in [6.07, 6.45) is 4.36. The fourth-order valence-electron chi connectivity index (χ4n) is 3.03. The molecule has 1 unspecified atom stereocenters. The fourth-order valence-corrected chi connectivity index (χ4v) is 3.51. The summed E-state index contributed by atoms with van der Waals surface area (Å²) in [5.74, 6) is 0.0608.